The number of methoxy groups -OCH3 is 1. The number of carbonyl (C=O) groups is 1. The lowest BCUT2D eigenvalue weighted by atomic mass is 10.1. The monoisotopic (exact) mass is 342 g/mol. The van der Waals surface area contributed by atoms with Gasteiger partial charge in [-0.3, -0.25) is 9.98 Å². The van der Waals surface area contributed by atoms with E-state index in [9.17, 15) is 4.79 Å². The lowest BCUT2D eigenvalue weighted by molar-refractivity contribution is 0.0598. The average Bonchev–Trinajstić information content (AvgIpc) is 3.37. The fourth-order valence-electron chi connectivity index (χ4n) is 2.55. The molecule has 1 fully saturated rings. The topological polar surface area (TPSA) is 88.8 Å². The molecule has 0 radical (unpaired) electrons. The first kappa shape index (κ1) is 17.0. The minimum atomic E-state index is -0.329. The highest BCUT2D eigenvalue weighted by Gasteiger charge is 2.30. The van der Waals surface area contributed by atoms with Crippen LogP contribution in [-0.2, 0) is 17.8 Å². The first-order valence-electron chi connectivity index (χ1n) is 8.26. The summed E-state index contributed by atoms with van der Waals surface area (Å²) in [5, 5.41) is 6.39. The molecule has 2 N–H and O–H groups in total. The van der Waals surface area contributed by atoms with Gasteiger partial charge in [-0.25, -0.2) is 4.79 Å². The molecule has 25 heavy (non-hydrogen) atoms. The molecule has 132 valence electrons. The second-order valence-electron chi connectivity index (χ2n) is 5.86. The number of pyridine rings is 1. The lowest BCUT2D eigenvalue weighted by Crippen LogP contribution is -2.36. The van der Waals surface area contributed by atoms with Crippen LogP contribution in [-0.4, -0.2) is 31.1 Å². The van der Waals surface area contributed by atoms with E-state index in [2.05, 4.69) is 20.6 Å². The molecule has 0 spiro atoms. The maximum absolute atomic E-state index is 11.9. The number of ether oxygens (including phenoxy) is 1. The second-order valence-corrected chi connectivity index (χ2v) is 5.86. The van der Waals surface area contributed by atoms with Gasteiger partial charge in [0.05, 0.1) is 43.4 Å². The van der Waals surface area contributed by atoms with Crippen molar-refractivity contribution in [3.05, 3.63) is 53.2 Å². The Balaban J connectivity index is 1.62. The third-order valence-electron chi connectivity index (χ3n) is 4.02. The zero-order valence-corrected chi connectivity index (χ0v) is 14.4. The lowest BCUT2D eigenvalue weighted by Gasteiger charge is -2.12. The molecule has 2 heterocycles. The summed E-state index contributed by atoms with van der Waals surface area (Å²) in [6, 6.07) is 7.38. The summed E-state index contributed by atoms with van der Waals surface area (Å²) < 4.78 is 10.1. The van der Waals surface area contributed by atoms with Crippen molar-refractivity contribution in [3.8, 4) is 0 Å². The van der Waals surface area contributed by atoms with Gasteiger partial charge in [0, 0.05) is 13.0 Å². The molecular weight excluding hydrogens is 320 g/mol. The Bertz CT molecular complexity index is 752. The molecule has 2 aromatic heterocycles. The van der Waals surface area contributed by atoms with Crippen LogP contribution in [0.1, 0.15) is 46.3 Å². The Morgan fingerprint density at radius 3 is 2.76 bits per heavy atom. The van der Waals surface area contributed by atoms with Gasteiger partial charge in [0.25, 0.3) is 0 Å². The number of aliphatic imine (C=N–C) groups is 1. The quantitative estimate of drug-likeness (QED) is 0.475. The van der Waals surface area contributed by atoms with E-state index in [1.165, 1.54) is 7.11 Å². The number of esters is 1. The Hall–Kier alpha value is -2.83. The fraction of sp³-hybridized carbons (Fsp3) is 0.389. The zero-order valence-electron chi connectivity index (χ0n) is 14.4. The molecule has 3 rings (SSSR count). The Kier molecular flexibility index (Phi) is 5.33. The molecular formula is C18H22N4O3. The molecule has 1 aliphatic carbocycles. The number of carbonyl (C=O) groups excluding carboxylic acids is 1. The zero-order chi connectivity index (χ0) is 17.6. The van der Waals surface area contributed by atoms with Gasteiger partial charge < -0.3 is 19.8 Å². The van der Waals surface area contributed by atoms with Gasteiger partial charge in [0.2, 0.25) is 0 Å². The molecule has 0 atom stereocenters. The number of hydrogen-bond donors (Lipinski definition) is 2. The number of aromatic nitrogens is 1. The summed E-state index contributed by atoms with van der Waals surface area (Å²) in [5.74, 6) is 1.53. The first-order valence-corrected chi connectivity index (χ1v) is 8.26. The van der Waals surface area contributed by atoms with Crippen molar-refractivity contribution < 1.29 is 13.9 Å². The van der Waals surface area contributed by atoms with Crippen LogP contribution < -0.4 is 10.6 Å². The van der Waals surface area contributed by atoms with Crippen molar-refractivity contribution >= 4 is 11.9 Å². The van der Waals surface area contributed by atoms with Crippen molar-refractivity contribution in [2.75, 3.05) is 14.2 Å². The predicted molar refractivity (Wildman–Crippen MR) is 93.3 cm³/mol. The molecule has 2 aromatic rings. The highest BCUT2D eigenvalue weighted by atomic mass is 16.5. The molecule has 1 aliphatic rings. The van der Waals surface area contributed by atoms with Crippen LogP contribution in [0.4, 0.5) is 0 Å². The summed E-state index contributed by atoms with van der Waals surface area (Å²) in [6.45, 7) is 1.06. The molecule has 0 unspecified atom stereocenters. The maximum atomic E-state index is 11.9. The molecule has 7 nitrogen and oxygen atoms in total. The minimum Gasteiger partial charge on any atom is -0.467 e. The molecule has 1 saturated carbocycles. The van der Waals surface area contributed by atoms with Crippen LogP contribution in [0.5, 0.6) is 0 Å². The standard InChI is InChI=1S/C18H22N4O3/c1-19-18(21-11-14-4-3-9-25-14)20-10-13-7-8-15(17(23)24-2)16(22-13)12-5-6-12/h3-4,7-9,12H,5-6,10-11H2,1-2H3,(H2,19,20,21). The predicted octanol–water partition coefficient (Wildman–Crippen LogP) is 2.20. The molecule has 0 amide bonds. The number of nitrogens with zero attached hydrogens (tertiary/aromatic N) is 2. The minimum absolute atomic E-state index is 0.329. The van der Waals surface area contributed by atoms with E-state index in [1.807, 2.05) is 18.2 Å². The summed E-state index contributed by atoms with van der Waals surface area (Å²) in [5.41, 5.74) is 2.26. The number of hydrogen-bond acceptors (Lipinski definition) is 5. The highest BCUT2D eigenvalue weighted by Crippen LogP contribution is 2.40. The number of nitrogens with one attached hydrogen (secondary N) is 2. The fourth-order valence-corrected chi connectivity index (χ4v) is 2.55. The Morgan fingerprint density at radius 2 is 2.12 bits per heavy atom. The van der Waals surface area contributed by atoms with Crippen LogP contribution in [0.25, 0.3) is 0 Å². The van der Waals surface area contributed by atoms with Crippen molar-refractivity contribution in [3.63, 3.8) is 0 Å². The van der Waals surface area contributed by atoms with Gasteiger partial charge in [-0.15, -0.1) is 0 Å². The molecule has 0 aliphatic heterocycles. The van der Waals surface area contributed by atoms with E-state index < -0.39 is 0 Å². The summed E-state index contributed by atoms with van der Waals surface area (Å²) >= 11 is 0. The maximum Gasteiger partial charge on any atom is 0.339 e. The van der Waals surface area contributed by atoms with E-state index in [4.69, 9.17) is 9.15 Å². The molecule has 0 aromatic carbocycles. The molecule has 7 heteroatoms. The average molecular weight is 342 g/mol. The van der Waals surface area contributed by atoms with E-state index in [-0.39, 0.29) is 5.97 Å². The van der Waals surface area contributed by atoms with Crippen molar-refractivity contribution in [1.82, 2.24) is 15.6 Å². The van der Waals surface area contributed by atoms with Crippen LogP contribution in [0.3, 0.4) is 0 Å². The van der Waals surface area contributed by atoms with Gasteiger partial charge in [-0.2, -0.15) is 0 Å². The normalized spacial score (nSPS) is 14.2. The van der Waals surface area contributed by atoms with E-state index in [1.54, 1.807) is 19.4 Å². The smallest absolute Gasteiger partial charge is 0.339 e. The van der Waals surface area contributed by atoms with Gasteiger partial charge in [0.1, 0.15) is 5.76 Å². The second kappa shape index (κ2) is 7.83. The van der Waals surface area contributed by atoms with Gasteiger partial charge in [0.15, 0.2) is 5.96 Å². The van der Waals surface area contributed by atoms with Crippen LogP contribution >= 0.6 is 0 Å². The van der Waals surface area contributed by atoms with Crippen LogP contribution in [0, 0.1) is 0 Å². The largest absolute Gasteiger partial charge is 0.467 e. The summed E-state index contributed by atoms with van der Waals surface area (Å²) in [7, 11) is 3.10. The summed E-state index contributed by atoms with van der Waals surface area (Å²) in [6.07, 6.45) is 3.78. The van der Waals surface area contributed by atoms with Crippen molar-refractivity contribution in [2.45, 2.75) is 31.8 Å². The van der Waals surface area contributed by atoms with Gasteiger partial charge in [-0.1, -0.05) is 0 Å². The number of rotatable bonds is 6. The van der Waals surface area contributed by atoms with Crippen molar-refractivity contribution in [2.24, 2.45) is 4.99 Å². The van der Waals surface area contributed by atoms with Gasteiger partial charge in [-0.05, 0) is 37.1 Å². The Morgan fingerprint density at radius 1 is 1.32 bits per heavy atom. The SMILES string of the molecule is CN=C(NCc1ccc(C(=O)OC)c(C2CC2)n1)NCc1ccco1. The van der Waals surface area contributed by atoms with Crippen LogP contribution in [0.15, 0.2) is 39.9 Å². The molecule has 0 bridgehead atoms. The highest BCUT2D eigenvalue weighted by molar-refractivity contribution is 5.90. The van der Waals surface area contributed by atoms with Crippen molar-refractivity contribution in [1.29, 1.82) is 0 Å². The Labute approximate surface area is 146 Å². The summed E-state index contributed by atoms with van der Waals surface area (Å²) in [4.78, 5) is 20.7. The van der Waals surface area contributed by atoms with Crippen LogP contribution in [0.2, 0.25) is 0 Å². The van der Waals surface area contributed by atoms with E-state index >= 15 is 0 Å². The third kappa shape index (κ3) is 4.37. The molecule has 0 saturated heterocycles. The van der Waals surface area contributed by atoms with E-state index in [0.29, 0.717) is 30.5 Å². The number of guanidine groups is 1. The third-order valence-corrected chi connectivity index (χ3v) is 4.02. The van der Waals surface area contributed by atoms with E-state index in [0.717, 1.165) is 30.0 Å². The van der Waals surface area contributed by atoms with Gasteiger partial charge >= 0.3 is 5.97 Å². The number of furan rings is 1. The first-order chi connectivity index (χ1) is 12.2.